The number of oxazole rings is 1. The van der Waals surface area contributed by atoms with Gasteiger partial charge in [0.2, 0.25) is 0 Å². The summed E-state index contributed by atoms with van der Waals surface area (Å²) < 4.78 is 34.4. The van der Waals surface area contributed by atoms with Crippen molar-refractivity contribution in [3.63, 3.8) is 0 Å². The van der Waals surface area contributed by atoms with Gasteiger partial charge in [-0.05, 0) is 44.5 Å². The molecule has 2 aromatic carbocycles. The molecule has 1 aromatic heterocycles. The van der Waals surface area contributed by atoms with Gasteiger partial charge in [0, 0.05) is 12.6 Å². The fourth-order valence-corrected chi connectivity index (χ4v) is 3.79. The molecule has 7 heteroatoms. The molecule has 0 aliphatic heterocycles. The van der Waals surface area contributed by atoms with Gasteiger partial charge in [-0.15, -0.1) is 0 Å². The molecule has 0 aliphatic rings. The molecule has 0 radical (unpaired) electrons. The van der Waals surface area contributed by atoms with E-state index in [1.54, 1.807) is 12.1 Å². The van der Waals surface area contributed by atoms with Crippen molar-refractivity contribution in [2.75, 3.05) is 4.72 Å². The van der Waals surface area contributed by atoms with Crippen LogP contribution < -0.4 is 10.5 Å². The van der Waals surface area contributed by atoms with Gasteiger partial charge in [0.15, 0.2) is 5.58 Å². The number of rotatable bonds is 4. The van der Waals surface area contributed by atoms with Crippen LogP contribution in [0.4, 0.5) is 5.69 Å². The molecule has 0 amide bonds. The van der Waals surface area contributed by atoms with Crippen molar-refractivity contribution in [2.24, 2.45) is 0 Å². The molecule has 0 unspecified atom stereocenters. The lowest BCUT2D eigenvalue weighted by Crippen LogP contribution is -2.14. The van der Waals surface area contributed by atoms with Gasteiger partial charge in [-0.1, -0.05) is 17.7 Å². The predicted molar refractivity (Wildman–Crippen MR) is 92.9 cm³/mol. The van der Waals surface area contributed by atoms with Crippen LogP contribution in [0, 0.1) is 13.8 Å². The third-order valence-corrected chi connectivity index (χ3v) is 5.26. The Kier molecular flexibility index (Phi) is 3.96. The Hall–Kier alpha value is -2.54. The molecule has 0 bridgehead atoms. The fourth-order valence-electron chi connectivity index (χ4n) is 2.65. The standard InChI is InChI=1S/C17H18N2O4S/c1-4-19-15-8-6-13(10-16(15)23-17(19)20)24(21,22)18-14-7-5-11(2)9-12(14)3/h5-10,18H,4H2,1-3H3. The molecular formula is C17H18N2O4S. The molecule has 0 saturated carbocycles. The molecule has 3 aromatic rings. The van der Waals surface area contributed by atoms with Crippen molar-refractivity contribution in [3.05, 3.63) is 58.1 Å². The van der Waals surface area contributed by atoms with Gasteiger partial charge in [-0.2, -0.15) is 0 Å². The van der Waals surface area contributed by atoms with Gasteiger partial charge >= 0.3 is 5.76 Å². The van der Waals surface area contributed by atoms with E-state index in [9.17, 15) is 13.2 Å². The van der Waals surface area contributed by atoms with Crippen molar-refractivity contribution in [2.45, 2.75) is 32.2 Å². The van der Waals surface area contributed by atoms with E-state index < -0.39 is 15.8 Å². The number of aromatic nitrogens is 1. The summed E-state index contributed by atoms with van der Waals surface area (Å²) in [7, 11) is -3.77. The van der Waals surface area contributed by atoms with Gasteiger partial charge < -0.3 is 4.42 Å². The molecule has 0 spiro atoms. The number of nitrogens with zero attached hydrogens (tertiary/aromatic N) is 1. The zero-order valence-corrected chi connectivity index (χ0v) is 14.5. The van der Waals surface area contributed by atoms with Crippen LogP contribution >= 0.6 is 0 Å². The number of sulfonamides is 1. The van der Waals surface area contributed by atoms with E-state index >= 15 is 0 Å². The van der Waals surface area contributed by atoms with Gasteiger partial charge in [-0.3, -0.25) is 9.29 Å². The van der Waals surface area contributed by atoms with Crippen LogP contribution in [0.2, 0.25) is 0 Å². The fraction of sp³-hybridized carbons (Fsp3) is 0.235. The summed E-state index contributed by atoms with van der Waals surface area (Å²) in [6.45, 7) is 6.07. The van der Waals surface area contributed by atoms with Crippen LogP contribution in [0.5, 0.6) is 0 Å². The lowest BCUT2D eigenvalue weighted by atomic mass is 10.1. The van der Waals surface area contributed by atoms with Gasteiger partial charge in [0.25, 0.3) is 10.0 Å². The van der Waals surface area contributed by atoms with Crippen LogP contribution in [0.1, 0.15) is 18.1 Å². The molecule has 0 saturated heterocycles. The number of hydrogen-bond donors (Lipinski definition) is 1. The topological polar surface area (TPSA) is 81.3 Å². The largest absolute Gasteiger partial charge is 0.419 e. The third-order valence-electron chi connectivity index (χ3n) is 3.89. The molecule has 24 heavy (non-hydrogen) atoms. The minimum absolute atomic E-state index is 0.0481. The van der Waals surface area contributed by atoms with Gasteiger partial charge in [0.1, 0.15) is 0 Å². The van der Waals surface area contributed by atoms with Crippen molar-refractivity contribution < 1.29 is 12.8 Å². The van der Waals surface area contributed by atoms with Crippen LogP contribution in [-0.2, 0) is 16.6 Å². The molecule has 6 nitrogen and oxygen atoms in total. The molecule has 0 fully saturated rings. The molecule has 1 heterocycles. The molecular weight excluding hydrogens is 328 g/mol. The average Bonchev–Trinajstić information content (AvgIpc) is 2.84. The lowest BCUT2D eigenvalue weighted by Gasteiger charge is -2.11. The van der Waals surface area contributed by atoms with Crippen molar-refractivity contribution in [1.82, 2.24) is 4.57 Å². The van der Waals surface area contributed by atoms with Gasteiger partial charge in [-0.25, -0.2) is 13.2 Å². The number of fused-ring (bicyclic) bond motifs is 1. The zero-order chi connectivity index (χ0) is 17.5. The van der Waals surface area contributed by atoms with Crippen LogP contribution in [0.15, 0.2) is 50.5 Å². The smallest absolute Gasteiger partial charge is 0.408 e. The highest BCUT2D eigenvalue weighted by atomic mass is 32.2. The first-order chi connectivity index (χ1) is 11.3. The van der Waals surface area contributed by atoms with Crippen molar-refractivity contribution in [3.8, 4) is 0 Å². The maximum Gasteiger partial charge on any atom is 0.419 e. The van der Waals surface area contributed by atoms with E-state index in [1.165, 1.54) is 16.7 Å². The van der Waals surface area contributed by atoms with Gasteiger partial charge in [0.05, 0.1) is 16.1 Å². The molecule has 126 valence electrons. The Morgan fingerprint density at radius 3 is 2.54 bits per heavy atom. The number of nitrogens with one attached hydrogen (secondary N) is 1. The van der Waals surface area contributed by atoms with E-state index in [0.29, 0.717) is 17.7 Å². The van der Waals surface area contributed by atoms with Crippen LogP contribution in [0.3, 0.4) is 0 Å². The Labute approximate surface area is 139 Å². The molecule has 0 atom stereocenters. The minimum Gasteiger partial charge on any atom is -0.408 e. The highest BCUT2D eigenvalue weighted by Gasteiger charge is 2.18. The number of hydrogen-bond acceptors (Lipinski definition) is 4. The van der Waals surface area contributed by atoms with E-state index in [2.05, 4.69) is 4.72 Å². The SMILES string of the molecule is CCn1c(=O)oc2cc(S(=O)(=O)Nc3ccc(C)cc3C)ccc21. The Balaban J connectivity index is 2.03. The maximum atomic E-state index is 12.6. The second-order valence-corrected chi connectivity index (χ2v) is 7.35. The first kappa shape index (κ1) is 16.3. The summed E-state index contributed by atoms with van der Waals surface area (Å²) in [5.41, 5.74) is 3.24. The highest BCUT2D eigenvalue weighted by molar-refractivity contribution is 7.92. The lowest BCUT2D eigenvalue weighted by molar-refractivity contribution is 0.512. The summed E-state index contributed by atoms with van der Waals surface area (Å²) in [5.74, 6) is -0.496. The van der Waals surface area contributed by atoms with Crippen molar-refractivity contribution >= 4 is 26.8 Å². The molecule has 0 aliphatic carbocycles. The molecule has 1 N–H and O–H groups in total. The number of aryl methyl sites for hydroxylation is 3. The van der Waals surface area contributed by atoms with Crippen LogP contribution in [0.25, 0.3) is 11.1 Å². The normalized spacial score (nSPS) is 11.8. The first-order valence-corrected chi connectivity index (χ1v) is 9.03. The average molecular weight is 346 g/mol. The maximum absolute atomic E-state index is 12.6. The third kappa shape index (κ3) is 2.82. The van der Waals surface area contributed by atoms with Crippen LogP contribution in [-0.4, -0.2) is 13.0 Å². The van der Waals surface area contributed by atoms with E-state index in [4.69, 9.17) is 4.42 Å². The monoisotopic (exact) mass is 346 g/mol. The number of benzene rings is 2. The predicted octanol–water partition coefficient (Wildman–Crippen LogP) is 3.03. The number of anilines is 1. The molecule has 3 rings (SSSR count). The van der Waals surface area contributed by atoms with E-state index in [0.717, 1.165) is 11.1 Å². The van der Waals surface area contributed by atoms with Crippen molar-refractivity contribution in [1.29, 1.82) is 0 Å². The highest BCUT2D eigenvalue weighted by Crippen LogP contribution is 2.23. The second-order valence-electron chi connectivity index (χ2n) is 5.67. The minimum atomic E-state index is -3.77. The quantitative estimate of drug-likeness (QED) is 0.787. The summed E-state index contributed by atoms with van der Waals surface area (Å²) in [6, 6.07) is 9.90. The zero-order valence-electron chi connectivity index (χ0n) is 13.7. The first-order valence-electron chi connectivity index (χ1n) is 7.55. The van der Waals surface area contributed by atoms with E-state index in [1.807, 2.05) is 32.9 Å². The Morgan fingerprint density at radius 2 is 1.88 bits per heavy atom. The summed E-state index contributed by atoms with van der Waals surface area (Å²) in [6.07, 6.45) is 0. The summed E-state index contributed by atoms with van der Waals surface area (Å²) in [4.78, 5) is 11.8. The Morgan fingerprint density at radius 1 is 1.12 bits per heavy atom. The second kappa shape index (κ2) is 5.83. The summed E-state index contributed by atoms with van der Waals surface area (Å²) >= 11 is 0. The Bertz CT molecular complexity index is 1080. The van der Waals surface area contributed by atoms with E-state index in [-0.39, 0.29) is 10.5 Å². The summed E-state index contributed by atoms with van der Waals surface area (Å²) in [5, 5.41) is 0.